The van der Waals surface area contributed by atoms with Crippen LogP contribution >= 0.6 is 0 Å². The van der Waals surface area contributed by atoms with Crippen LogP contribution in [0.5, 0.6) is 0 Å². The predicted octanol–water partition coefficient (Wildman–Crippen LogP) is 2.55. The Balaban J connectivity index is 1.75. The number of piperazine rings is 1. The molecule has 0 bridgehead atoms. The minimum Gasteiger partial charge on any atom is -0.321 e. The fourth-order valence-electron chi connectivity index (χ4n) is 3.43. The van der Waals surface area contributed by atoms with Gasteiger partial charge in [-0.25, -0.2) is 0 Å². The Labute approximate surface area is 139 Å². The van der Waals surface area contributed by atoms with Crippen molar-refractivity contribution in [2.45, 2.75) is 32.6 Å². The Hall–Kier alpha value is -1.60. The topological polar surface area (TPSA) is 35.6 Å². The van der Waals surface area contributed by atoms with E-state index in [0.29, 0.717) is 18.6 Å². The zero-order valence-corrected chi connectivity index (χ0v) is 13.9. The number of hydrogen-bond donors (Lipinski definition) is 1. The Morgan fingerprint density at radius 3 is 2.75 bits per heavy atom. The van der Waals surface area contributed by atoms with E-state index in [1.165, 1.54) is 17.0 Å². The van der Waals surface area contributed by atoms with Crippen molar-refractivity contribution in [3.63, 3.8) is 0 Å². The van der Waals surface area contributed by atoms with Gasteiger partial charge >= 0.3 is 6.18 Å². The molecule has 24 heavy (non-hydrogen) atoms. The van der Waals surface area contributed by atoms with Gasteiger partial charge in [-0.15, -0.1) is 0 Å². The molecule has 1 fully saturated rings. The van der Waals surface area contributed by atoms with Gasteiger partial charge < -0.3 is 10.2 Å². The SMILES string of the molecule is CC(C)[C@H]1CN(CN2Cc3c(cccc3C(F)(F)F)C2=O)CCN1. The van der Waals surface area contributed by atoms with E-state index in [0.717, 1.165) is 25.7 Å². The first-order valence-corrected chi connectivity index (χ1v) is 8.21. The number of alkyl halides is 3. The van der Waals surface area contributed by atoms with Crippen LogP contribution in [0.15, 0.2) is 18.2 Å². The third-order valence-electron chi connectivity index (χ3n) is 4.81. The van der Waals surface area contributed by atoms with Crippen LogP contribution in [0.1, 0.15) is 35.3 Å². The number of halogens is 3. The minimum absolute atomic E-state index is 0.0279. The zero-order chi connectivity index (χ0) is 17.5. The van der Waals surface area contributed by atoms with Gasteiger partial charge in [0.2, 0.25) is 0 Å². The molecule has 1 amide bonds. The van der Waals surface area contributed by atoms with Gasteiger partial charge in [-0.2, -0.15) is 13.2 Å². The number of carbonyl (C=O) groups is 1. The molecule has 1 aromatic rings. The van der Waals surface area contributed by atoms with Crippen LogP contribution in [0.2, 0.25) is 0 Å². The summed E-state index contributed by atoms with van der Waals surface area (Å²) in [6, 6.07) is 4.18. The first-order valence-electron chi connectivity index (χ1n) is 8.21. The van der Waals surface area contributed by atoms with Gasteiger partial charge in [0.05, 0.1) is 12.2 Å². The van der Waals surface area contributed by atoms with Gasteiger partial charge in [0.15, 0.2) is 0 Å². The lowest BCUT2D eigenvalue weighted by atomic mass is 10.0. The summed E-state index contributed by atoms with van der Waals surface area (Å²) in [7, 11) is 0. The summed E-state index contributed by atoms with van der Waals surface area (Å²) in [5, 5.41) is 3.44. The van der Waals surface area contributed by atoms with Crippen LogP contribution in [0.3, 0.4) is 0 Å². The molecule has 2 aliphatic rings. The van der Waals surface area contributed by atoms with Crippen molar-refractivity contribution in [2.24, 2.45) is 5.92 Å². The molecule has 1 aromatic carbocycles. The van der Waals surface area contributed by atoms with E-state index in [4.69, 9.17) is 0 Å². The Kier molecular flexibility index (Phi) is 4.57. The van der Waals surface area contributed by atoms with Crippen LogP contribution in [0.4, 0.5) is 13.2 Å². The quantitative estimate of drug-likeness (QED) is 0.918. The first-order chi connectivity index (χ1) is 11.3. The van der Waals surface area contributed by atoms with E-state index < -0.39 is 11.7 Å². The highest BCUT2D eigenvalue weighted by Gasteiger charge is 2.39. The van der Waals surface area contributed by atoms with Crippen LogP contribution in [0.25, 0.3) is 0 Å². The van der Waals surface area contributed by atoms with E-state index in [1.807, 2.05) is 0 Å². The lowest BCUT2D eigenvalue weighted by Gasteiger charge is -2.37. The second-order valence-electron chi connectivity index (χ2n) is 6.86. The molecule has 2 aliphatic heterocycles. The number of rotatable bonds is 3. The smallest absolute Gasteiger partial charge is 0.321 e. The maximum atomic E-state index is 13.1. The second kappa shape index (κ2) is 6.37. The molecule has 0 unspecified atom stereocenters. The third-order valence-corrected chi connectivity index (χ3v) is 4.81. The molecule has 0 spiro atoms. The molecule has 7 heteroatoms. The largest absolute Gasteiger partial charge is 0.416 e. The van der Waals surface area contributed by atoms with E-state index in [1.54, 1.807) is 0 Å². The number of amides is 1. The highest BCUT2D eigenvalue weighted by molar-refractivity contribution is 5.98. The van der Waals surface area contributed by atoms with Crippen LogP contribution < -0.4 is 5.32 Å². The molecule has 1 atom stereocenters. The van der Waals surface area contributed by atoms with Crippen molar-refractivity contribution >= 4 is 5.91 Å². The van der Waals surface area contributed by atoms with Crippen LogP contribution in [-0.4, -0.2) is 48.1 Å². The molecule has 2 heterocycles. The van der Waals surface area contributed by atoms with Crippen LogP contribution in [-0.2, 0) is 12.7 Å². The zero-order valence-electron chi connectivity index (χ0n) is 13.9. The lowest BCUT2D eigenvalue weighted by molar-refractivity contribution is -0.138. The van der Waals surface area contributed by atoms with E-state index >= 15 is 0 Å². The summed E-state index contributed by atoms with van der Waals surface area (Å²) >= 11 is 0. The van der Waals surface area contributed by atoms with Gasteiger partial charge in [0, 0.05) is 37.8 Å². The Bertz CT molecular complexity index is 630. The van der Waals surface area contributed by atoms with E-state index in [9.17, 15) is 18.0 Å². The highest BCUT2D eigenvalue weighted by Crippen LogP contribution is 2.37. The average molecular weight is 341 g/mol. The van der Waals surface area contributed by atoms with Gasteiger partial charge in [-0.3, -0.25) is 9.69 Å². The molecule has 0 aliphatic carbocycles. The van der Waals surface area contributed by atoms with Gasteiger partial charge in [0.1, 0.15) is 0 Å². The van der Waals surface area contributed by atoms with Crippen molar-refractivity contribution < 1.29 is 18.0 Å². The molecule has 4 nitrogen and oxygen atoms in total. The average Bonchev–Trinajstić information content (AvgIpc) is 2.83. The Morgan fingerprint density at radius 2 is 2.08 bits per heavy atom. The predicted molar refractivity (Wildman–Crippen MR) is 84.4 cm³/mol. The molecule has 132 valence electrons. The van der Waals surface area contributed by atoms with Crippen LogP contribution in [0, 0.1) is 5.92 Å². The van der Waals surface area contributed by atoms with E-state index in [2.05, 4.69) is 24.1 Å². The van der Waals surface area contributed by atoms with Crippen molar-refractivity contribution in [3.8, 4) is 0 Å². The molecule has 0 radical (unpaired) electrons. The summed E-state index contributed by atoms with van der Waals surface area (Å²) in [5.41, 5.74) is -0.415. The number of nitrogens with one attached hydrogen (secondary N) is 1. The fraction of sp³-hybridized carbons (Fsp3) is 0.588. The molecule has 0 aromatic heterocycles. The maximum Gasteiger partial charge on any atom is 0.416 e. The summed E-state index contributed by atoms with van der Waals surface area (Å²) in [5.74, 6) is 0.159. The van der Waals surface area contributed by atoms with Gasteiger partial charge in [-0.05, 0) is 23.6 Å². The molecule has 1 saturated heterocycles. The number of fused-ring (bicyclic) bond motifs is 1. The third kappa shape index (κ3) is 3.28. The number of benzene rings is 1. The minimum atomic E-state index is -4.43. The van der Waals surface area contributed by atoms with Crippen molar-refractivity contribution in [3.05, 3.63) is 34.9 Å². The monoisotopic (exact) mass is 341 g/mol. The van der Waals surface area contributed by atoms with Gasteiger partial charge in [-0.1, -0.05) is 19.9 Å². The van der Waals surface area contributed by atoms with Gasteiger partial charge in [0.25, 0.3) is 5.91 Å². The molecule has 1 N–H and O–H groups in total. The maximum absolute atomic E-state index is 13.1. The fourth-order valence-corrected chi connectivity index (χ4v) is 3.43. The molecule has 0 saturated carbocycles. The standard InChI is InChI=1S/C17H22F3N3O/c1-11(2)15-9-22(7-6-21-15)10-23-8-13-12(16(23)24)4-3-5-14(13)17(18,19)20/h3-5,11,15,21H,6-10H2,1-2H3/t15-/m1/s1. The number of hydrogen-bond acceptors (Lipinski definition) is 3. The number of carbonyl (C=O) groups excluding carboxylic acids is 1. The lowest BCUT2D eigenvalue weighted by Crippen LogP contribution is -2.55. The summed E-state index contributed by atoms with van der Waals surface area (Å²) in [6.45, 7) is 7.07. The van der Waals surface area contributed by atoms with Crippen molar-refractivity contribution in [2.75, 3.05) is 26.3 Å². The summed E-state index contributed by atoms with van der Waals surface area (Å²) < 4.78 is 39.4. The number of nitrogens with zero attached hydrogens (tertiary/aromatic N) is 2. The molecular weight excluding hydrogens is 319 g/mol. The first kappa shape index (κ1) is 17.2. The molecular formula is C17H22F3N3O. The van der Waals surface area contributed by atoms with E-state index in [-0.39, 0.29) is 23.6 Å². The highest BCUT2D eigenvalue weighted by atomic mass is 19.4. The molecule has 3 rings (SSSR count). The second-order valence-corrected chi connectivity index (χ2v) is 6.86. The summed E-state index contributed by atoms with van der Waals surface area (Å²) in [6.07, 6.45) is -4.43. The normalized spacial score (nSPS) is 22.3. The van der Waals surface area contributed by atoms with Crippen molar-refractivity contribution in [1.82, 2.24) is 15.1 Å². The Morgan fingerprint density at radius 1 is 1.33 bits per heavy atom. The van der Waals surface area contributed by atoms with Crippen molar-refractivity contribution in [1.29, 1.82) is 0 Å². The summed E-state index contributed by atoms with van der Waals surface area (Å²) in [4.78, 5) is 16.1.